The van der Waals surface area contributed by atoms with Gasteiger partial charge < -0.3 is 20.1 Å². The zero-order valence-corrected chi connectivity index (χ0v) is 17.8. The molecule has 9 heteroatoms. The summed E-state index contributed by atoms with van der Waals surface area (Å²) in [5, 5.41) is 3.83. The third kappa shape index (κ3) is 3.83. The van der Waals surface area contributed by atoms with Gasteiger partial charge in [-0.2, -0.15) is 0 Å². The van der Waals surface area contributed by atoms with E-state index < -0.39 is 0 Å². The van der Waals surface area contributed by atoms with Crippen LogP contribution < -0.4 is 10.2 Å². The molecule has 5 rings (SSSR count). The van der Waals surface area contributed by atoms with Crippen molar-refractivity contribution in [2.45, 2.75) is 18.9 Å². The number of likely N-dealkylation sites (tertiary alicyclic amines) is 1. The summed E-state index contributed by atoms with van der Waals surface area (Å²) in [7, 11) is 0. The van der Waals surface area contributed by atoms with Crippen LogP contribution in [0.4, 0.5) is 11.5 Å². The summed E-state index contributed by atoms with van der Waals surface area (Å²) in [4.78, 5) is 33.4. The quantitative estimate of drug-likeness (QED) is 0.637. The van der Waals surface area contributed by atoms with Crippen molar-refractivity contribution in [3.63, 3.8) is 0 Å². The fraction of sp³-hybridized carbons (Fsp3) is 0.364. The van der Waals surface area contributed by atoms with E-state index in [1.54, 1.807) is 18.7 Å². The van der Waals surface area contributed by atoms with Crippen molar-refractivity contribution >= 4 is 46.3 Å². The van der Waals surface area contributed by atoms with Crippen molar-refractivity contribution in [1.29, 1.82) is 0 Å². The first-order chi connectivity index (χ1) is 15.1. The van der Waals surface area contributed by atoms with Crippen LogP contribution in [0, 0.1) is 5.92 Å². The SMILES string of the molecule is C=Cc1cc(Cl)cc(NCC(=O)N2CCC3CCN(c4ncnc5nc[nH]c45)C3C2)c1. The smallest absolute Gasteiger partial charge is 0.241 e. The van der Waals surface area contributed by atoms with E-state index >= 15 is 0 Å². The number of rotatable bonds is 5. The van der Waals surface area contributed by atoms with Crippen LogP contribution in [0.1, 0.15) is 18.4 Å². The largest absolute Gasteiger partial charge is 0.376 e. The summed E-state index contributed by atoms with van der Waals surface area (Å²) in [5.74, 6) is 1.52. The molecule has 160 valence electrons. The van der Waals surface area contributed by atoms with Gasteiger partial charge in [0.2, 0.25) is 5.91 Å². The zero-order chi connectivity index (χ0) is 21.4. The van der Waals surface area contributed by atoms with Gasteiger partial charge in [-0.25, -0.2) is 15.0 Å². The van der Waals surface area contributed by atoms with E-state index in [9.17, 15) is 4.79 Å². The number of anilines is 2. The molecule has 3 aromatic rings. The Balaban J connectivity index is 1.28. The van der Waals surface area contributed by atoms with Crippen molar-refractivity contribution in [2.75, 3.05) is 36.4 Å². The number of halogens is 1. The Hall–Kier alpha value is -3.13. The van der Waals surface area contributed by atoms with Crippen LogP contribution >= 0.6 is 11.6 Å². The average molecular weight is 438 g/mol. The second kappa shape index (κ2) is 8.19. The Kier molecular flexibility index (Phi) is 5.23. The monoisotopic (exact) mass is 437 g/mol. The van der Waals surface area contributed by atoms with Gasteiger partial charge in [-0.15, -0.1) is 0 Å². The number of aromatic nitrogens is 4. The maximum atomic E-state index is 13.0. The third-order valence-corrected chi connectivity index (χ3v) is 6.51. The summed E-state index contributed by atoms with van der Waals surface area (Å²) in [6.45, 7) is 6.41. The average Bonchev–Trinajstić information content (AvgIpc) is 3.43. The highest BCUT2D eigenvalue weighted by atomic mass is 35.5. The number of nitrogens with zero attached hydrogens (tertiary/aromatic N) is 5. The number of H-pyrrole nitrogens is 1. The highest BCUT2D eigenvalue weighted by Crippen LogP contribution is 2.36. The van der Waals surface area contributed by atoms with E-state index in [4.69, 9.17) is 11.6 Å². The maximum Gasteiger partial charge on any atom is 0.241 e. The topological polar surface area (TPSA) is 90.0 Å². The van der Waals surface area contributed by atoms with E-state index in [0.717, 1.165) is 48.5 Å². The second-order valence-corrected chi connectivity index (χ2v) is 8.50. The van der Waals surface area contributed by atoms with Gasteiger partial charge in [0, 0.05) is 30.3 Å². The molecule has 0 radical (unpaired) electrons. The Morgan fingerprint density at radius 1 is 1.26 bits per heavy atom. The van der Waals surface area contributed by atoms with Gasteiger partial charge in [0.25, 0.3) is 0 Å². The van der Waals surface area contributed by atoms with Gasteiger partial charge in [-0.1, -0.05) is 24.3 Å². The Morgan fingerprint density at radius 2 is 2.13 bits per heavy atom. The molecule has 2 aliphatic heterocycles. The van der Waals surface area contributed by atoms with Crippen LogP contribution in [-0.2, 0) is 4.79 Å². The lowest BCUT2D eigenvalue weighted by Crippen LogP contribution is -2.51. The van der Waals surface area contributed by atoms with Crippen molar-refractivity contribution in [1.82, 2.24) is 24.8 Å². The molecule has 2 N–H and O–H groups in total. The van der Waals surface area contributed by atoms with Gasteiger partial charge >= 0.3 is 0 Å². The molecule has 31 heavy (non-hydrogen) atoms. The maximum absolute atomic E-state index is 13.0. The van der Waals surface area contributed by atoms with Crippen LogP contribution in [0.3, 0.4) is 0 Å². The first-order valence-electron chi connectivity index (χ1n) is 10.5. The number of carbonyl (C=O) groups excluding carboxylic acids is 1. The molecule has 2 saturated heterocycles. The normalized spacial score (nSPS) is 20.7. The highest BCUT2D eigenvalue weighted by molar-refractivity contribution is 6.31. The minimum atomic E-state index is 0.0832. The second-order valence-electron chi connectivity index (χ2n) is 8.07. The molecule has 1 aromatic carbocycles. The van der Waals surface area contributed by atoms with Gasteiger partial charge in [-0.05, 0) is 42.5 Å². The number of hydrogen-bond donors (Lipinski definition) is 2. The van der Waals surface area contributed by atoms with Crippen molar-refractivity contribution in [3.8, 4) is 0 Å². The van der Waals surface area contributed by atoms with Crippen LogP contribution in [0.15, 0.2) is 37.4 Å². The first kappa shape index (κ1) is 19.8. The number of aromatic amines is 1. The molecule has 0 bridgehead atoms. The van der Waals surface area contributed by atoms with Crippen molar-refractivity contribution in [3.05, 3.63) is 48.0 Å². The summed E-state index contributed by atoms with van der Waals surface area (Å²) < 4.78 is 0. The number of fused-ring (bicyclic) bond motifs is 2. The molecule has 2 atom stereocenters. The predicted molar refractivity (Wildman–Crippen MR) is 122 cm³/mol. The number of hydrogen-bond acceptors (Lipinski definition) is 6. The van der Waals surface area contributed by atoms with E-state index in [-0.39, 0.29) is 18.5 Å². The van der Waals surface area contributed by atoms with Crippen LogP contribution in [0.2, 0.25) is 5.02 Å². The molecule has 2 aromatic heterocycles. The lowest BCUT2D eigenvalue weighted by Gasteiger charge is -2.39. The molecular weight excluding hydrogens is 414 g/mol. The summed E-state index contributed by atoms with van der Waals surface area (Å²) in [5.41, 5.74) is 3.25. The number of benzene rings is 1. The van der Waals surface area contributed by atoms with Gasteiger partial charge in [0.05, 0.1) is 18.9 Å². The molecule has 1 amide bonds. The Morgan fingerprint density at radius 3 is 3.00 bits per heavy atom. The van der Waals surface area contributed by atoms with Crippen molar-refractivity contribution in [2.24, 2.45) is 5.92 Å². The minimum absolute atomic E-state index is 0.0832. The molecule has 0 aliphatic carbocycles. The molecule has 2 fully saturated rings. The van der Waals surface area contributed by atoms with Gasteiger partial charge in [0.1, 0.15) is 11.8 Å². The summed E-state index contributed by atoms with van der Waals surface area (Å²) >= 11 is 6.16. The zero-order valence-electron chi connectivity index (χ0n) is 17.1. The Bertz CT molecular complexity index is 1130. The molecule has 2 aliphatic rings. The summed E-state index contributed by atoms with van der Waals surface area (Å²) in [6, 6.07) is 5.84. The van der Waals surface area contributed by atoms with E-state index in [1.807, 2.05) is 23.1 Å². The molecule has 4 heterocycles. The third-order valence-electron chi connectivity index (χ3n) is 6.29. The summed E-state index contributed by atoms with van der Waals surface area (Å²) in [6.07, 6.45) is 7.05. The number of nitrogens with one attached hydrogen (secondary N) is 2. The van der Waals surface area contributed by atoms with E-state index in [2.05, 4.69) is 36.7 Å². The van der Waals surface area contributed by atoms with Gasteiger partial charge in [-0.3, -0.25) is 4.79 Å². The minimum Gasteiger partial charge on any atom is -0.376 e. The highest BCUT2D eigenvalue weighted by Gasteiger charge is 2.40. The van der Waals surface area contributed by atoms with Crippen LogP contribution in [-0.4, -0.2) is 63.0 Å². The Labute approximate surface area is 185 Å². The molecule has 2 unspecified atom stereocenters. The first-order valence-corrected chi connectivity index (χ1v) is 10.9. The van der Waals surface area contributed by atoms with E-state index in [0.29, 0.717) is 23.1 Å². The fourth-order valence-electron chi connectivity index (χ4n) is 4.72. The molecule has 0 spiro atoms. The molecule has 0 saturated carbocycles. The van der Waals surface area contributed by atoms with Crippen molar-refractivity contribution < 1.29 is 4.79 Å². The predicted octanol–water partition coefficient (Wildman–Crippen LogP) is 3.19. The molecular formula is C22H24ClN7O. The standard InChI is InChI=1S/C22H24ClN7O/c1-2-14-7-16(23)9-17(8-14)24-10-19(31)29-5-3-15-4-6-30(18(15)11-29)22-20-21(26-12-25-20)27-13-28-22/h2,7-9,12-13,15,18,24H,1,3-6,10-11H2,(H,25,26,27,28). The molecule has 8 nitrogen and oxygen atoms in total. The lowest BCUT2D eigenvalue weighted by atomic mass is 9.92. The van der Waals surface area contributed by atoms with Crippen LogP contribution in [0.25, 0.3) is 17.2 Å². The van der Waals surface area contributed by atoms with Crippen LogP contribution in [0.5, 0.6) is 0 Å². The number of carbonyl (C=O) groups is 1. The number of amides is 1. The number of imidazole rings is 1. The number of piperidine rings is 1. The van der Waals surface area contributed by atoms with Gasteiger partial charge in [0.15, 0.2) is 11.5 Å². The lowest BCUT2D eigenvalue weighted by molar-refractivity contribution is -0.130. The fourth-order valence-corrected chi connectivity index (χ4v) is 4.97. The van der Waals surface area contributed by atoms with E-state index in [1.165, 1.54) is 0 Å².